The third-order valence-corrected chi connectivity index (χ3v) is 5.83. The summed E-state index contributed by atoms with van der Waals surface area (Å²) in [6.07, 6.45) is 0.0931. The molecule has 0 aromatic heterocycles. The highest BCUT2D eigenvalue weighted by atomic mass is 19.1. The highest BCUT2D eigenvalue weighted by Crippen LogP contribution is 2.46. The number of halogens is 1. The average Bonchev–Trinajstić information content (AvgIpc) is 3.12. The summed E-state index contributed by atoms with van der Waals surface area (Å²) in [6.45, 7) is 1.28. The number of carbonyl (C=O) groups is 3. The van der Waals surface area contributed by atoms with E-state index in [2.05, 4.69) is 10.6 Å². The maximum Gasteiger partial charge on any atom is 0.327 e. The van der Waals surface area contributed by atoms with Crippen LogP contribution in [-0.4, -0.2) is 35.0 Å². The Balaban J connectivity index is 1.64. The van der Waals surface area contributed by atoms with Gasteiger partial charge in [-0.25, -0.2) is 9.18 Å². The Bertz CT molecular complexity index is 1160. The van der Waals surface area contributed by atoms with Crippen molar-refractivity contribution in [1.82, 2.24) is 10.6 Å². The van der Waals surface area contributed by atoms with Crippen LogP contribution >= 0.6 is 0 Å². The van der Waals surface area contributed by atoms with E-state index < -0.39 is 41.6 Å². The van der Waals surface area contributed by atoms with Gasteiger partial charge in [0.15, 0.2) is 0 Å². The van der Waals surface area contributed by atoms with E-state index in [9.17, 15) is 23.9 Å². The molecule has 3 aromatic rings. The Hall–Kier alpha value is -4.00. The van der Waals surface area contributed by atoms with Crippen LogP contribution in [0, 0.1) is 5.82 Å². The minimum Gasteiger partial charge on any atom is -0.480 e. The summed E-state index contributed by atoms with van der Waals surface area (Å²) in [5, 5.41) is 15.3. The van der Waals surface area contributed by atoms with E-state index in [0.29, 0.717) is 5.56 Å². The van der Waals surface area contributed by atoms with Gasteiger partial charge in [-0.1, -0.05) is 60.7 Å². The van der Waals surface area contributed by atoms with Crippen molar-refractivity contribution in [2.45, 2.75) is 31.3 Å². The molecular weight excluding hydrogens is 423 g/mol. The Kier molecular flexibility index (Phi) is 6.22. The summed E-state index contributed by atoms with van der Waals surface area (Å²) >= 11 is 0. The summed E-state index contributed by atoms with van der Waals surface area (Å²) in [5.41, 5.74) is 4.14. The lowest BCUT2D eigenvalue weighted by Gasteiger charge is -2.26. The smallest absolute Gasteiger partial charge is 0.327 e. The molecule has 4 rings (SSSR count). The molecule has 1 aliphatic rings. The predicted octanol–water partition coefficient (Wildman–Crippen LogP) is 3.25. The zero-order valence-corrected chi connectivity index (χ0v) is 17.9. The van der Waals surface area contributed by atoms with Gasteiger partial charge < -0.3 is 15.7 Å². The fourth-order valence-electron chi connectivity index (χ4n) is 4.41. The Labute approximate surface area is 190 Å². The van der Waals surface area contributed by atoms with Crippen LogP contribution in [0.4, 0.5) is 4.39 Å². The molecule has 1 aliphatic carbocycles. The predicted molar refractivity (Wildman–Crippen MR) is 121 cm³/mol. The molecule has 0 heterocycles. The van der Waals surface area contributed by atoms with E-state index in [1.165, 1.54) is 31.2 Å². The maximum absolute atomic E-state index is 13.3. The zero-order valence-electron chi connectivity index (χ0n) is 17.9. The molecule has 6 nitrogen and oxygen atoms in total. The average molecular weight is 446 g/mol. The second-order valence-electron chi connectivity index (χ2n) is 8.06. The van der Waals surface area contributed by atoms with Gasteiger partial charge in [0, 0.05) is 19.3 Å². The molecule has 0 saturated carbocycles. The molecule has 168 valence electrons. The number of hydrogen-bond acceptors (Lipinski definition) is 3. The standard InChI is InChI=1S/C26H23FN2O4/c1-15(30)28-22(14-16-10-12-17(27)13-11-16)25(31)29-24(26(32)33)23-20-8-4-2-6-18(20)19-7-3-5-9-21(19)23/h2-13,22-24H,14H2,1H3,(H,28,30)(H,29,31)(H,32,33)/t22-,24-/m1/s1. The number of benzene rings is 3. The van der Waals surface area contributed by atoms with E-state index in [1.54, 1.807) is 0 Å². The summed E-state index contributed by atoms with van der Waals surface area (Å²) in [4.78, 5) is 37.3. The van der Waals surface area contributed by atoms with Crippen LogP contribution in [0.15, 0.2) is 72.8 Å². The lowest BCUT2D eigenvalue weighted by atomic mass is 9.89. The molecule has 2 amide bonds. The topological polar surface area (TPSA) is 95.5 Å². The molecule has 0 bridgehead atoms. The summed E-state index contributed by atoms with van der Waals surface area (Å²) in [5.74, 6) is -3.22. The number of aliphatic carboxylic acids is 1. The first kappa shape index (κ1) is 22.2. The summed E-state index contributed by atoms with van der Waals surface area (Å²) < 4.78 is 13.3. The number of fused-ring (bicyclic) bond motifs is 3. The monoisotopic (exact) mass is 446 g/mol. The van der Waals surface area contributed by atoms with Crippen LogP contribution in [0.2, 0.25) is 0 Å². The number of carbonyl (C=O) groups excluding carboxylic acids is 2. The molecule has 0 saturated heterocycles. The van der Waals surface area contributed by atoms with Gasteiger partial charge in [0.1, 0.15) is 17.9 Å². The van der Waals surface area contributed by atoms with Crippen LogP contribution < -0.4 is 10.6 Å². The number of carboxylic acids is 1. The van der Waals surface area contributed by atoms with Gasteiger partial charge >= 0.3 is 5.97 Å². The fraction of sp³-hybridized carbons (Fsp3) is 0.192. The van der Waals surface area contributed by atoms with Crippen molar-refractivity contribution in [2.75, 3.05) is 0 Å². The van der Waals surface area contributed by atoms with Crippen molar-refractivity contribution in [1.29, 1.82) is 0 Å². The molecule has 0 aliphatic heterocycles. The first-order chi connectivity index (χ1) is 15.8. The first-order valence-electron chi connectivity index (χ1n) is 10.6. The van der Waals surface area contributed by atoms with Crippen molar-refractivity contribution in [3.63, 3.8) is 0 Å². The molecule has 0 spiro atoms. The van der Waals surface area contributed by atoms with E-state index in [1.807, 2.05) is 48.5 Å². The second-order valence-corrected chi connectivity index (χ2v) is 8.06. The third-order valence-electron chi connectivity index (χ3n) is 5.83. The van der Waals surface area contributed by atoms with Crippen molar-refractivity contribution in [2.24, 2.45) is 0 Å². The fourth-order valence-corrected chi connectivity index (χ4v) is 4.41. The summed E-state index contributed by atoms with van der Waals surface area (Å²) in [6, 6.07) is 18.4. The Morgan fingerprint density at radius 3 is 1.94 bits per heavy atom. The minimum absolute atomic E-state index is 0.0931. The highest BCUT2D eigenvalue weighted by molar-refractivity contribution is 5.92. The lowest BCUT2D eigenvalue weighted by molar-refractivity contribution is -0.142. The van der Waals surface area contributed by atoms with Gasteiger partial charge in [-0.3, -0.25) is 9.59 Å². The van der Waals surface area contributed by atoms with E-state index in [4.69, 9.17) is 0 Å². The van der Waals surface area contributed by atoms with Gasteiger partial charge in [-0.05, 0) is 39.9 Å². The Morgan fingerprint density at radius 1 is 0.879 bits per heavy atom. The van der Waals surface area contributed by atoms with Crippen LogP contribution in [0.3, 0.4) is 0 Å². The van der Waals surface area contributed by atoms with Crippen LogP contribution in [0.25, 0.3) is 11.1 Å². The lowest BCUT2D eigenvalue weighted by Crippen LogP contribution is -2.53. The third kappa shape index (κ3) is 4.62. The quantitative estimate of drug-likeness (QED) is 0.519. The van der Waals surface area contributed by atoms with Crippen molar-refractivity contribution in [3.05, 3.63) is 95.3 Å². The van der Waals surface area contributed by atoms with E-state index >= 15 is 0 Å². The molecule has 0 radical (unpaired) electrons. The van der Waals surface area contributed by atoms with Crippen LogP contribution in [0.1, 0.15) is 29.5 Å². The molecule has 3 N–H and O–H groups in total. The van der Waals surface area contributed by atoms with Gasteiger partial charge in [-0.2, -0.15) is 0 Å². The number of amides is 2. The van der Waals surface area contributed by atoms with Crippen molar-refractivity contribution >= 4 is 17.8 Å². The van der Waals surface area contributed by atoms with E-state index in [-0.39, 0.29) is 6.42 Å². The molecular formula is C26H23FN2O4. The molecule has 33 heavy (non-hydrogen) atoms. The van der Waals surface area contributed by atoms with E-state index in [0.717, 1.165) is 22.3 Å². The van der Waals surface area contributed by atoms with Gasteiger partial charge in [0.25, 0.3) is 0 Å². The number of rotatable bonds is 7. The second kappa shape index (κ2) is 9.24. The van der Waals surface area contributed by atoms with Crippen molar-refractivity contribution in [3.8, 4) is 11.1 Å². The number of carboxylic acid groups (broad SMARTS) is 1. The van der Waals surface area contributed by atoms with Gasteiger partial charge in [0.2, 0.25) is 11.8 Å². The van der Waals surface area contributed by atoms with Gasteiger partial charge in [-0.15, -0.1) is 0 Å². The highest BCUT2D eigenvalue weighted by Gasteiger charge is 2.39. The molecule has 7 heteroatoms. The SMILES string of the molecule is CC(=O)N[C@H](Cc1ccc(F)cc1)C(=O)N[C@@H](C(=O)O)C1c2ccccc2-c2ccccc21. The zero-order chi connectivity index (χ0) is 23.5. The minimum atomic E-state index is -1.24. The summed E-state index contributed by atoms with van der Waals surface area (Å²) in [7, 11) is 0. The van der Waals surface area contributed by atoms with Gasteiger partial charge in [0.05, 0.1) is 0 Å². The molecule has 0 unspecified atom stereocenters. The molecule has 2 atom stereocenters. The maximum atomic E-state index is 13.3. The molecule has 3 aromatic carbocycles. The van der Waals surface area contributed by atoms with Crippen molar-refractivity contribution < 1.29 is 23.9 Å². The number of hydrogen-bond donors (Lipinski definition) is 3. The van der Waals surface area contributed by atoms with Crippen LogP contribution in [-0.2, 0) is 20.8 Å². The largest absolute Gasteiger partial charge is 0.480 e. The number of nitrogens with one attached hydrogen (secondary N) is 2. The normalized spacial score (nSPS) is 14.0. The first-order valence-corrected chi connectivity index (χ1v) is 10.6. The Morgan fingerprint density at radius 2 is 1.42 bits per heavy atom. The van der Waals surface area contributed by atoms with Crippen LogP contribution in [0.5, 0.6) is 0 Å². The molecule has 0 fully saturated rings.